The molecule has 3 nitrogen and oxygen atoms in total. The molecular weight excluding hydrogens is 387 g/mol. The van der Waals surface area contributed by atoms with E-state index in [-0.39, 0.29) is 11.7 Å². The highest BCUT2D eigenvalue weighted by molar-refractivity contribution is 5.87. The molecule has 1 aliphatic heterocycles. The van der Waals surface area contributed by atoms with E-state index in [9.17, 15) is 9.18 Å². The summed E-state index contributed by atoms with van der Waals surface area (Å²) in [6, 6.07) is 13.3. The second-order valence-corrected chi connectivity index (χ2v) is 8.70. The number of carbonyl (C=O) groups is 1. The molecule has 0 radical (unpaired) electrons. The molecule has 1 saturated heterocycles. The van der Waals surface area contributed by atoms with Crippen LogP contribution in [0.25, 0.3) is 0 Å². The monoisotopic (exact) mass is 428 g/mol. The maximum absolute atomic E-state index is 13.0. The lowest BCUT2D eigenvalue weighted by Crippen LogP contribution is -2.49. The van der Waals surface area contributed by atoms with E-state index in [4.69, 9.17) is 0 Å². The average Bonchev–Trinajstić information content (AvgIpc) is 2.74. The SMILES string of the molecule is CC.Cc1cc(C)cc(C(C)(C)C(=O)N(C)C2CCNCC2)c1.Cc1cccc(F)c1. The molecule has 0 aromatic heterocycles. The summed E-state index contributed by atoms with van der Waals surface area (Å²) in [6.07, 6.45) is 2.09. The number of likely N-dealkylation sites (N-methyl/N-ethyl adjacent to an activating group) is 1. The van der Waals surface area contributed by atoms with Crippen molar-refractivity contribution < 1.29 is 9.18 Å². The minimum absolute atomic E-state index is 0.162. The number of hydrogen-bond acceptors (Lipinski definition) is 2. The van der Waals surface area contributed by atoms with Crippen LogP contribution in [0.4, 0.5) is 4.39 Å². The minimum atomic E-state index is -0.476. The molecule has 0 unspecified atom stereocenters. The Morgan fingerprint density at radius 1 is 0.968 bits per heavy atom. The average molecular weight is 429 g/mol. The predicted molar refractivity (Wildman–Crippen MR) is 130 cm³/mol. The normalized spacial score (nSPS) is 14.0. The number of aryl methyl sites for hydroxylation is 3. The van der Waals surface area contributed by atoms with Gasteiger partial charge in [-0.2, -0.15) is 0 Å². The van der Waals surface area contributed by atoms with Crippen molar-refractivity contribution in [3.05, 3.63) is 70.5 Å². The zero-order valence-electron chi connectivity index (χ0n) is 20.7. The first-order chi connectivity index (χ1) is 14.6. The van der Waals surface area contributed by atoms with Crippen molar-refractivity contribution in [2.24, 2.45) is 0 Å². The Balaban J connectivity index is 0.000000400. The van der Waals surface area contributed by atoms with Crippen molar-refractivity contribution in [3.63, 3.8) is 0 Å². The number of amides is 1. The van der Waals surface area contributed by atoms with Crippen LogP contribution in [-0.4, -0.2) is 37.0 Å². The van der Waals surface area contributed by atoms with E-state index in [1.807, 2.05) is 52.6 Å². The molecule has 1 amide bonds. The van der Waals surface area contributed by atoms with Crippen molar-refractivity contribution >= 4 is 5.91 Å². The molecule has 0 spiro atoms. The summed E-state index contributed by atoms with van der Waals surface area (Å²) in [5.41, 5.74) is 4.04. The molecule has 3 rings (SSSR count). The van der Waals surface area contributed by atoms with Crippen LogP contribution >= 0.6 is 0 Å². The highest BCUT2D eigenvalue weighted by Gasteiger charge is 2.35. The van der Waals surface area contributed by atoms with Gasteiger partial charge in [-0.05, 0) is 83.8 Å². The molecule has 2 aromatic carbocycles. The van der Waals surface area contributed by atoms with Gasteiger partial charge in [0.2, 0.25) is 5.91 Å². The van der Waals surface area contributed by atoms with Gasteiger partial charge in [0.1, 0.15) is 5.82 Å². The van der Waals surface area contributed by atoms with Crippen molar-refractivity contribution in [1.29, 1.82) is 0 Å². The van der Waals surface area contributed by atoms with Gasteiger partial charge in [-0.15, -0.1) is 0 Å². The number of hydrogen-bond donors (Lipinski definition) is 1. The Morgan fingerprint density at radius 2 is 1.52 bits per heavy atom. The molecule has 1 heterocycles. The maximum atomic E-state index is 13.0. The Kier molecular flexibility index (Phi) is 10.9. The van der Waals surface area contributed by atoms with Gasteiger partial charge in [0.05, 0.1) is 5.41 Å². The third-order valence-corrected chi connectivity index (χ3v) is 5.63. The van der Waals surface area contributed by atoms with E-state index < -0.39 is 5.41 Å². The summed E-state index contributed by atoms with van der Waals surface area (Å²) >= 11 is 0. The number of halogens is 1. The first-order valence-corrected chi connectivity index (χ1v) is 11.4. The van der Waals surface area contributed by atoms with Crippen LogP contribution in [0.3, 0.4) is 0 Å². The van der Waals surface area contributed by atoms with Crippen LogP contribution in [0.1, 0.15) is 62.8 Å². The summed E-state index contributed by atoms with van der Waals surface area (Å²) in [4.78, 5) is 15.0. The molecule has 2 aromatic rings. The van der Waals surface area contributed by atoms with Crippen LogP contribution in [0.15, 0.2) is 42.5 Å². The lowest BCUT2D eigenvalue weighted by molar-refractivity contribution is -0.137. The van der Waals surface area contributed by atoms with Gasteiger partial charge in [-0.1, -0.05) is 55.3 Å². The standard InChI is InChI=1S/C18H28N2O.C7H7F.C2H6/c1-13-10-14(2)12-15(11-13)18(3,4)17(21)20(5)16-6-8-19-9-7-16;1-6-3-2-4-7(8)5-6;1-2/h10-12,16,19H,6-9H2,1-5H3;2-5H,1H3;1-2H3. The third kappa shape index (κ3) is 8.10. The van der Waals surface area contributed by atoms with Crippen LogP contribution in [0, 0.1) is 26.6 Å². The fraction of sp³-hybridized carbons (Fsp3) is 0.519. The Hall–Kier alpha value is -2.20. The highest BCUT2D eigenvalue weighted by Crippen LogP contribution is 2.29. The fourth-order valence-electron chi connectivity index (χ4n) is 3.87. The van der Waals surface area contributed by atoms with Gasteiger partial charge in [-0.25, -0.2) is 4.39 Å². The first-order valence-electron chi connectivity index (χ1n) is 11.4. The predicted octanol–water partition coefficient (Wildman–Crippen LogP) is 5.95. The Morgan fingerprint density at radius 3 is 1.97 bits per heavy atom. The third-order valence-electron chi connectivity index (χ3n) is 5.63. The number of rotatable bonds is 3. The number of nitrogens with zero attached hydrogens (tertiary/aromatic N) is 1. The molecule has 0 aliphatic carbocycles. The number of carbonyl (C=O) groups excluding carboxylic acids is 1. The summed E-state index contributed by atoms with van der Waals surface area (Å²) in [6.45, 7) is 16.1. The molecule has 172 valence electrons. The van der Waals surface area contributed by atoms with Gasteiger partial charge in [0.25, 0.3) is 0 Å². The van der Waals surface area contributed by atoms with Gasteiger partial charge in [0.15, 0.2) is 0 Å². The Bertz CT molecular complexity index is 788. The molecule has 1 N–H and O–H groups in total. The molecule has 0 atom stereocenters. The largest absolute Gasteiger partial charge is 0.342 e. The lowest BCUT2D eigenvalue weighted by atomic mass is 9.81. The molecule has 4 heteroatoms. The van der Waals surface area contributed by atoms with Crippen molar-refractivity contribution in [2.45, 2.75) is 72.8 Å². The van der Waals surface area contributed by atoms with Crippen LogP contribution < -0.4 is 5.32 Å². The van der Waals surface area contributed by atoms with Gasteiger partial charge in [0, 0.05) is 13.1 Å². The zero-order chi connectivity index (χ0) is 23.6. The maximum Gasteiger partial charge on any atom is 0.232 e. The van der Waals surface area contributed by atoms with Crippen LogP contribution in [-0.2, 0) is 10.2 Å². The molecule has 0 saturated carbocycles. The quantitative estimate of drug-likeness (QED) is 0.655. The van der Waals surface area contributed by atoms with E-state index in [1.165, 1.54) is 23.3 Å². The van der Waals surface area contributed by atoms with Gasteiger partial charge >= 0.3 is 0 Å². The summed E-state index contributed by atoms with van der Waals surface area (Å²) in [5.74, 6) is 0.0596. The zero-order valence-corrected chi connectivity index (χ0v) is 20.7. The smallest absolute Gasteiger partial charge is 0.232 e. The van der Waals surface area contributed by atoms with Gasteiger partial charge in [-0.3, -0.25) is 4.79 Å². The van der Waals surface area contributed by atoms with E-state index in [0.29, 0.717) is 6.04 Å². The van der Waals surface area contributed by atoms with E-state index >= 15 is 0 Å². The highest BCUT2D eigenvalue weighted by atomic mass is 19.1. The summed E-state index contributed by atoms with van der Waals surface area (Å²) < 4.78 is 12.2. The number of benzene rings is 2. The second-order valence-electron chi connectivity index (χ2n) is 8.70. The molecule has 0 bridgehead atoms. The molecule has 31 heavy (non-hydrogen) atoms. The number of nitrogens with one attached hydrogen (secondary N) is 1. The van der Waals surface area contributed by atoms with Crippen LogP contribution in [0.2, 0.25) is 0 Å². The summed E-state index contributed by atoms with van der Waals surface area (Å²) in [7, 11) is 1.96. The lowest BCUT2D eigenvalue weighted by Gasteiger charge is -2.37. The van der Waals surface area contributed by atoms with Crippen molar-refractivity contribution in [2.75, 3.05) is 20.1 Å². The molecule has 1 aliphatic rings. The summed E-state index contributed by atoms with van der Waals surface area (Å²) in [5, 5.41) is 3.36. The number of piperidine rings is 1. The minimum Gasteiger partial charge on any atom is -0.342 e. The van der Waals surface area contributed by atoms with E-state index in [1.54, 1.807) is 6.07 Å². The van der Waals surface area contributed by atoms with Crippen molar-refractivity contribution in [1.82, 2.24) is 10.2 Å². The van der Waals surface area contributed by atoms with E-state index in [0.717, 1.165) is 37.1 Å². The fourth-order valence-corrected chi connectivity index (χ4v) is 3.87. The van der Waals surface area contributed by atoms with Gasteiger partial charge < -0.3 is 10.2 Å². The first kappa shape index (κ1) is 26.8. The van der Waals surface area contributed by atoms with E-state index in [2.05, 4.69) is 37.4 Å². The topological polar surface area (TPSA) is 32.3 Å². The Labute approximate surface area is 189 Å². The molecular formula is C27H41FN2O. The molecule has 1 fully saturated rings. The second kappa shape index (κ2) is 12.6. The van der Waals surface area contributed by atoms with Crippen LogP contribution in [0.5, 0.6) is 0 Å². The van der Waals surface area contributed by atoms with Crippen molar-refractivity contribution in [3.8, 4) is 0 Å².